The maximum Gasteiger partial charge on any atom is 0.144 e. The Morgan fingerprint density at radius 1 is 1.47 bits per heavy atom. The Morgan fingerprint density at radius 2 is 2.33 bits per heavy atom. The minimum Gasteiger partial charge on any atom is -0.487 e. The smallest absolute Gasteiger partial charge is 0.144 e. The molecule has 0 spiro atoms. The summed E-state index contributed by atoms with van der Waals surface area (Å²) in [6, 6.07) is 5.08. The van der Waals surface area contributed by atoms with Crippen molar-refractivity contribution in [3.8, 4) is 5.75 Å². The fourth-order valence-electron chi connectivity index (χ4n) is 1.09. The Morgan fingerprint density at radius 3 is 3.07 bits per heavy atom. The van der Waals surface area contributed by atoms with Crippen LogP contribution >= 0.6 is 11.6 Å². The van der Waals surface area contributed by atoms with Gasteiger partial charge in [0.15, 0.2) is 0 Å². The van der Waals surface area contributed by atoms with Gasteiger partial charge in [-0.3, -0.25) is 0 Å². The van der Waals surface area contributed by atoms with Crippen molar-refractivity contribution >= 4 is 17.3 Å². The lowest BCUT2D eigenvalue weighted by atomic mass is 10.3. The van der Waals surface area contributed by atoms with Gasteiger partial charge in [0, 0.05) is 16.7 Å². The van der Waals surface area contributed by atoms with Gasteiger partial charge >= 0.3 is 0 Å². The number of nitrogen functional groups attached to an aromatic ring is 1. The highest BCUT2D eigenvalue weighted by atomic mass is 35.5. The van der Waals surface area contributed by atoms with Gasteiger partial charge in [0.2, 0.25) is 0 Å². The standard InChI is InChI=1S/C10H9ClN2O2/c11-8-1-2-9(12)10(3-8)14-5-7-4-13-15-6-7/h1-4,6H,5,12H2. The molecule has 15 heavy (non-hydrogen) atoms. The van der Waals surface area contributed by atoms with E-state index in [1.165, 1.54) is 6.26 Å². The maximum absolute atomic E-state index is 5.81. The molecule has 0 aliphatic carbocycles. The summed E-state index contributed by atoms with van der Waals surface area (Å²) in [7, 11) is 0. The summed E-state index contributed by atoms with van der Waals surface area (Å²) in [5, 5.41) is 4.15. The van der Waals surface area contributed by atoms with E-state index in [0.717, 1.165) is 5.56 Å². The SMILES string of the molecule is Nc1ccc(Cl)cc1OCc1cnoc1. The van der Waals surface area contributed by atoms with Crippen LogP contribution in [0, 0.1) is 0 Å². The molecule has 0 atom stereocenters. The fourth-order valence-corrected chi connectivity index (χ4v) is 1.25. The third-order valence-corrected chi connectivity index (χ3v) is 2.09. The summed E-state index contributed by atoms with van der Waals surface area (Å²) in [4.78, 5) is 0. The molecule has 1 aromatic carbocycles. The topological polar surface area (TPSA) is 61.3 Å². The van der Waals surface area contributed by atoms with E-state index in [1.807, 2.05) is 0 Å². The fraction of sp³-hybridized carbons (Fsp3) is 0.100. The molecule has 0 aliphatic heterocycles. The molecular formula is C10H9ClN2O2. The Bertz CT molecular complexity index is 443. The molecule has 2 rings (SSSR count). The number of aromatic nitrogens is 1. The number of ether oxygens (including phenoxy) is 1. The summed E-state index contributed by atoms with van der Waals surface area (Å²) < 4.78 is 10.1. The van der Waals surface area contributed by atoms with Crippen LogP contribution in [-0.2, 0) is 6.61 Å². The first-order chi connectivity index (χ1) is 7.25. The first-order valence-electron chi connectivity index (χ1n) is 4.32. The van der Waals surface area contributed by atoms with E-state index < -0.39 is 0 Å². The first kappa shape index (κ1) is 9.86. The molecule has 0 radical (unpaired) electrons. The molecule has 1 heterocycles. The zero-order valence-electron chi connectivity index (χ0n) is 7.81. The second-order valence-corrected chi connectivity index (χ2v) is 3.44. The number of nitrogens with two attached hydrogens (primary N) is 1. The van der Waals surface area contributed by atoms with Gasteiger partial charge in [0.1, 0.15) is 18.6 Å². The van der Waals surface area contributed by atoms with Crippen molar-refractivity contribution in [2.75, 3.05) is 5.73 Å². The van der Waals surface area contributed by atoms with Crippen molar-refractivity contribution in [1.82, 2.24) is 5.16 Å². The van der Waals surface area contributed by atoms with Crippen molar-refractivity contribution in [1.29, 1.82) is 0 Å². The molecule has 0 saturated heterocycles. The number of anilines is 1. The number of hydrogen-bond donors (Lipinski definition) is 1. The maximum atomic E-state index is 5.81. The average molecular weight is 225 g/mol. The molecular weight excluding hydrogens is 216 g/mol. The van der Waals surface area contributed by atoms with Crippen molar-refractivity contribution in [2.24, 2.45) is 0 Å². The average Bonchev–Trinajstić information content (AvgIpc) is 2.72. The predicted molar refractivity (Wildman–Crippen MR) is 56.7 cm³/mol. The van der Waals surface area contributed by atoms with Crippen molar-refractivity contribution in [3.63, 3.8) is 0 Å². The number of halogens is 1. The van der Waals surface area contributed by atoms with Crippen LogP contribution in [0.4, 0.5) is 5.69 Å². The molecule has 0 amide bonds. The van der Waals surface area contributed by atoms with Crippen molar-refractivity contribution in [2.45, 2.75) is 6.61 Å². The summed E-state index contributed by atoms with van der Waals surface area (Å²) in [6.45, 7) is 0.355. The van der Waals surface area contributed by atoms with Gasteiger partial charge in [-0.2, -0.15) is 0 Å². The molecule has 2 aromatic rings. The second-order valence-electron chi connectivity index (χ2n) is 3.00. The van der Waals surface area contributed by atoms with Gasteiger partial charge in [0.25, 0.3) is 0 Å². The Labute approximate surface area is 91.6 Å². The highest BCUT2D eigenvalue weighted by Crippen LogP contribution is 2.25. The van der Waals surface area contributed by atoms with Gasteiger partial charge < -0.3 is 15.0 Å². The van der Waals surface area contributed by atoms with Crippen LogP contribution in [0.3, 0.4) is 0 Å². The van der Waals surface area contributed by atoms with Crippen LogP contribution in [0.1, 0.15) is 5.56 Å². The quantitative estimate of drug-likeness (QED) is 0.814. The second kappa shape index (κ2) is 4.23. The molecule has 0 bridgehead atoms. The molecule has 78 valence electrons. The lowest BCUT2D eigenvalue weighted by Gasteiger charge is -2.07. The normalized spacial score (nSPS) is 10.2. The van der Waals surface area contributed by atoms with Crippen LogP contribution in [-0.4, -0.2) is 5.16 Å². The van der Waals surface area contributed by atoms with E-state index in [0.29, 0.717) is 23.1 Å². The van der Waals surface area contributed by atoms with Crippen molar-refractivity contribution in [3.05, 3.63) is 41.2 Å². The van der Waals surface area contributed by atoms with Gasteiger partial charge in [-0.1, -0.05) is 16.8 Å². The van der Waals surface area contributed by atoms with E-state index in [4.69, 9.17) is 22.1 Å². The van der Waals surface area contributed by atoms with Crippen LogP contribution in [0.25, 0.3) is 0 Å². The number of rotatable bonds is 3. The molecule has 0 fully saturated rings. The third kappa shape index (κ3) is 2.41. The van der Waals surface area contributed by atoms with Crippen LogP contribution in [0.5, 0.6) is 5.75 Å². The third-order valence-electron chi connectivity index (χ3n) is 1.85. The lowest BCUT2D eigenvalue weighted by Crippen LogP contribution is -1.97. The zero-order valence-corrected chi connectivity index (χ0v) is 8.57. The molecule has 1 aromatic heterocycles. The number of benzene rings is 1. The van der Waals surface area contributed by atoms with Gasteiger partial charge in [-0.05, 0) is 12.1 Å². The monoisotopic (exact) mass is 224 g/mol. The van der Waals surface area contributed by atoms with E-state index in [9.17, 15) is 0 Å². The summed E-state index contributed by atoms with van der Waals surface area (Å²) in [5.74, 6) is 0.559. The summed E-state index contributed by atoms with van der Waals surface area (Å²) >= 11 is 5.81. The molecule has 2 N–H and O–H groups in total. The van der Waals surface area contributed by atoms with Crippen LogP contribution in [0.15, 0.2) is 35.2 Å². The highest BCUT2D eigenvalue weighted by molar-refractivity contribution is 6.30. The van der Waals surface area contributed by atoms with E-state index in [-0.39, 0.29) is 0 Å². The van der Waals surface area contributed by atoms with Crippen molar-refractivity contribution < 1.29 is 9.26 Å². The van der Waals surface area contributed by atoms with Crippen LogP contribution < -0.4 is 10.5 Å². The molecule has 0 saturated carbocycles. The Hall–Kier alpha value is -1.68. The van der Waals surface area contributed by atoms with E-state index >= 15 is 0 Å². The van der Waals surface area contributed by atoms with Gasteiger partial charge in [0.05, 0.1) is 11.9 Å². The van der Waals surface area contributed by atoms with E-state index in [1.54, 1.807) is 24.4 Å². The molecule has 4 nitrogen and oxygen atoms in total. The first-order valence-corrected chi connectivity index (χ1v) is 4.69. The molecule has 0 unspecified atom stereocenters. The number of nitrogens with zero attached hydrogens (tertiary/aromatic N) is 1. The van der Waals surface area contributed by atoms with Crippen LogP contribution in [0.2, 0.25) is 5.02 Å². The highest BCUT2D eigenvalue weighted by Gasteiger charge is 2.02. The van der Waals surface area contributed by atoms with Gasteiger partial charge in [-0.15, -0.1) is 0 Å². The minimum absolute atomic E-state index is 0.355. The van der Waals surface area contributed by atoms with E-state index in [2.05, 4.69) is 9.68 Å². The summed E-state index contributed by atoms with van der Waals surface area (Å²) in [5.41, 5.74) is 7.10. The predicted octanol–water partition coefficient (Wildman–Crippen LogP) is 2.49. The lowest BCUT2D eigenvalue weighted by molar-refractivity contribution is 0.306. The Kier molecular flexibility index (Phi) is 2.78. The number of hydrogen-bond acceptors (Lipinski definition) is 4. The zero-order chi connectivity index (χ0) is 10.7. The Balaban J connectivity index is 2.07. The largest absolute Gasteiger partial charge is 0.487 e. The molecule has 0 aliphatic rings. The minimum atomic E-state index is 0.355. The molecule has 5 heteroatoms. The summed E-state index contributed by atoms with van der Waals surface area (Å²) in [6.07, 6.45) is 3.10. The van der Waals surface area contributed by atoms with Gasteiger partial charge in [-0.25, -0.2) is 0 Å².